The fraction of sp³-hybridized carbons (Fsp3) is 0.500. The third kappa shape index (κ3) is 3.13. The molecule has 112 valence electrons. The van der Waals surface area contributed by atoms with E-state index < -0.39 is 5.97 Å². The van der Waals surface area contributed by atoms with Crippen molar-refractivity contribution in [3.05, 3.63) is 21.8 Å². The first-order valence-corrected chi connectivity index (χ1v) is 8.84. The monoisotopic (exact) mass is 324 g/mol. The number of nitrogens with zero attached hydrogens (tertiary/aromatic N) is 2. The van der Waals surface area contributed by atoms with Crippen LogP contribution in [0, 0.1) is 5.92 Å². The van der Waals surface area contributed by atoms with E-state index in [1.54, 1.807) is 10.6 Å². The molecule has 0 unspecified atom stereocenters. The molecule has 1 fully saturated rings. The molecule has 21 heavy (non-hydrogen) atoms. The highest BCUT2D eigenvalue weighted by Crippen LogP contribution is 2.30. The molecule has 0 atom stereocenters. The van der Waals surface area contributed by atoms with Crippen molar-refractivity contribution in [3.63, 3.8) is 0 Å². The summed E-state index contributed by atoms with van der Waals surface area (Å²) in [6.07, 6.45) is 4.72. The van der Waals surface area contributed by atoms with Gasteiger partial charge in [-0.1, -0.05) is 31.0 Å². The molecule has 0 amide bonds. The van der Waals surface area contributed by atoms with Crippen molar-refractivity contribution in [3.8, 4) is 0 Å². The Morgan fingerprint density at radius 3 is 3.00 bits per heavy atom. The lowest BCUT2D eigenvalue weighted by Crippen LogP contribution is -2.25. The molecule has 2 aromatic heterocycles. The predicted octanol–water partition coefficient (Wildman–Crippen LogP) is 2.82. The molecule has 0 saturated heterocycles. The third-order valence-electron chi connectivity index (χ3n) is 3.86. The minimum atomic E-state index is -0.897. The number of fused-ring (bicyclic) bond motifs is 1. The van der Waals surface area contributed by atoms with Crippen molar-refractivity contribution in [2.24, 2.45) is 5.92 Å². The Hall–Kier alpha value is -1.34. The number of carboxylic acid groups (broad SMARTS) is 1. The minimum Gasteiger partial charge on any atom is -0.481 e. The highest BCUT2D eigenvalue weighted by atomic mass is 32.2. The van der Waals surface area contributed by atoms with Gasteiger partial charge in [0, 0.05) is 6.54 Å². The second-order valence-electron chi connectivity index (χ2n) is 5.26. The maximum Gasteiger partial charge on any atom is 0.313 e. The van der Waals surface area contributed by atoms with Gasteiger partial charge >= 0.3 is 5.97 Å². The Balaban J connectivity index is 1.91. The van der Waals surface area contributed by atoms with Crippen LogP contribution in [0.15, 0.2) is 21.4 Å². The molecule has 0 bridgehead atoms. The zero-order chi connectivity index (χ0) is 14.8. The molecule has 1 aliphatic rings. The van der Waals surface area contributed by atoms with E-state index in [2.05, 4.69) is 4.98 Å². The normalized spacial score (nSPS) is 15.2. The highest BCUT2D eigenvalue weighted by molar-refractivity contribution is 7.99. The zero-order valence-corrected chi connectivity index (χ0v) is 13.1. The van der Waals surface area contributed by atoms with Gasteiger partial charge in [0.25, 0.3) is 5.56 Å². The molecule has 2 aromatic rings. The molecule has 7 heteroatoms. The van der Waals surface area contributed by atoms with E-state index >= 15 is 0 Å². The smallest absolute Gasteiger partial charge is 0.313 e. The number of hydrogen-bond donors (Lipinski definition) is 1. The van der Waals surface area contributed by atoms with Gasteiger partial charge in [0.15, 0.2) is 5.16 Å². The molecule has 0 aliphatic heterocycles. The van der Waals surface area contributed by atoms with Crippen LogP contribution < -0.4 is 5.56 Å². The molecule has 0 spiro atoms. The van der Waals surface area contributed by atoms with Crippen LogP contribution >= 0.6 is 23.1 Å². The summed E-state index contributed by atoms with van der Waals surface area (Å²) in [7, 11) is 0. The van der Waals surface area contributed by atoms with Gasteiger partial charge < -0.3 is 5.11 Å². The van der Waals surface area contributed by atoms with Crippen LogP contribution in [0.5, 0.6) is 0 Å². The molecule has 3 rings (SSSR count). The SMILES string of the molecule is O=C(O)CSc1nc2sccc2c(=O)n1CCC1CCC1. The van der Waals surface area contributed by atoms with Crippen LogP contribution in [-0.2, 0) is 11.3 Å². The number of thioether (sulfide) groups is 1. The van der Waals surface area contributed by atoms with Crippen LogP contribution in [0.3, 0.4) is 0 Å². The maximum absolute atomic E-state index is 12.5. The van der Waals surface area contributed by atoms with E-state index in [1.165, 1.54) is 30.6 Å². The minimum absolute atomic E-state index is 0.0477. The first kappa shape index (κ1) is 14.6. The van der Waals surface area contributed by atoms with Crippen molar-refractivity contribution in [1.29, 1.82) is 0 Å². The summed E-state index contributed by atoms with van der Waals surface area (Å²) < 4.78 is 1.65. The Bertz CT molecular complexity index is 719. The summed E-state index contributed by atoms with van der Waals surface area (Å²) in [6, 6.07) is 1.79. The van der Waals surface area contributed by atoms with Gasteiger partial charge in [0.2, 0.25) is 0 Å². The number of carbonyl (C=O) groups is 1. The second kappa shape index (κ2) is 6.19. The quantitative estimate of drug-likeness (QED) is 0.653. The number of hydrogen-bond acceptors (Lipinski definition) is 5. The van der Waals surface area contributed by atoms with Crippen molar-refractivity contribution >= 4 is 39.3 Å². The van der Waals surface area contributed by atoms with Crippen LogP contribution in [0.4, 0.5) is 0 Å². The zero-order valence-electron chi connectivity index (χ0n) is 11.4. The number of aliphatic carboxylic acids is 1. The Labute approximate surface area is 130 Å². The number of aromatic nitrogens is 2. The summed E-state index contributed by atoms with van der Waals surface area (Å²) in [5, 5.41) is 11.8. The lowest BCUT2D eigenvalue weighted by molar-refractivity contribution is -0.133. The Morgan fingerprint density at radius 1 is 1.52 bits per heavy atom. The fourth-order valence-corrected chi connectivity index (χ4v) is 4.01. The van der Waals surface area contributed by atoms with Crippen molar-refractivity contribution in [1.82, 2.24) is 9.55 Å². The van der Waals surface area contributed by atoms with Gasteiger partial charge in [0.05, 0.1) is 11.1 Å². The van der Waals surface area contributed by atoms with Crippen molar-refractivity contribution < 1.29 is 9.90 Å². The van der Waals surface area contributed by atoms with Gasteiger partial charge in [-0.05, 0) is 23.8 Å². The van der Waals surface area contributed by atoms with Gasteiger partial charge in [-0.25, -0.2) is 4.98 Å². The van der Waals surface area contributed by atoms with Crippen LogP contribution in [0.25, 0.3) is 10.2 Å². The first-order valence-electron chi connectivity index (χ1n) is 6.98. The first-order chi connectivity index (χ1) is 10.1. The van der Waals surface area contributed by atoms with Gasteiger partial charge in [-0.3, -0.25) is 14.2 Å². The molecule has 1 aliphatic carbocycles. The Kier molecular flexibility index (Phi) is 4.30. The van der Waals surface area contributed by atoms with Crippen molar-refractivity contribution in [2.45, 2.75) is 37.4 Å². The highest BCUT2D eigenvalue weighted by Gasteiger charge is 2.19. The van der Waals surface area contributed by atoms with Gasteiger partial charge in [-0.2, -0.15) is 0 Å². The average Bonchev–Trinajstić information content (AvgIpc) is 2.85. The van der Waals surface area contributed by atoms with E-state index in [9.17, 15) is 9.59 Å². The standard InChI is InChI=1S/C14H16N2O3S2/c17-11(18)8-21-14-15-12-10(5-7-20-12)13(19)16(14)6-4-9-2-1-3-9/h5,7,9H,1-4,6,8H2,(H,17,18). The van der Waals surface area contributed by atoms with E-state index in [0.29, 0.717) is 27.8 Å². The average molecular weight is 324 g/mol. The lowest BCUT2D eigenvalue weighted by atomic mass is 9.83. The summed E-state index contributed by atoms with van der Waals surface area (Å²) in [6.45, 7) is 0.629. The molecule has 1 saturated carbocycles. The molecule has 0 radical (unpaired) electrons. The molecule has 1 N–H and O–H groups in total. The molecular formula is C14H16N2O3S2. The number of thiophene rings is 1. The predicted molar refractivity (Wildman–Crippen MR) is 84.2 cm³/mol. The lowest BCUT2D eigenvalue weighted by Gasteiger charge is -2.25. The largest absolute Gasteiger partial charge is 0.481 e. The topological polar surface area (TPSA) is 72.2 Å². The molecule has 5 nitrogen and oxygen atoms in total. The summed E-state index contributed by atoms with van der Waals surface area (Å²) in [5.74, 6) is -0.273. The Morgan fingerprint density at radius 2 is 2.33 bits per heavy atom. The van der Waals surface area contributed by atoms with Crippen molar-refractivity contribution in [2.75, 3.05) is 5.75 Å². The van der Waals surface area contributed by atoms with Crippen LogP contribution in [-0.4, -0.2) is 26.4 Å². The number of carboxylic acids is 1. The molecule has 2 heterocycles. The van der Waals surface area contributed by atoms with E-state index in [1.807, 2.05) is 5.38 Å². The van der Waals surface area contributed by atoms with E-state index in [0.717, 1.165) is 18.2 Å². The van der Waals surface area contributed by atoms with Gasteiger partial charge in [0.1, 0.15) is 4.83 Å². The van der Waals surface area contributed by atoms with Crippen LogP contribution in [0.1, 0.15) is 25.7 Å². The summed E-state index contributed by atoms with van der Waals surface area (Å²) in [5.41, 5.74) is -0.0477. The fourth-order valence-electron chi connectivity index (χ4n) is 2.46. The van der Waals surface area contributed by atoms with Gasteiger partial charge in [-0.15, -0.1) is 11.3 Å². The van der Waals surface area contributed by atoms with Crippen LogP contribution in [0.2, 0.25) is 0 Å². The maximum atomic E-state index is 12.5. The molecule has 0 aromatic carbocycles. The summed E-state index contributed by atoms with van der Waals surface area (Å²) >= 11 is 2.54. The van der Waals surface area contributed by atoms with E-state index in [4.69, 9.17) is 5.11 Å². The summed E-state index contributed by atoms with van der Waals surface area (Å²) in [4.78, 5) is 28.5. The van der Waals surface area contributed by atoms with E-state index in [-0.39, 0.29) is 11.3 Å². The number of rotatable bonds is 6. The third-order valence-corrected chi connectivity index (χ3v) is 5.63. The molecular weight excluding hydrogens is 308 g/mol. The second-order valence-corrected chi connectivity index (χ2v) is 7.10.